The van der Waals surface area contributed by atoms with Gasteiger partial charge in [-0.2, -0.15) is 5.10 Å². The van der Waals surface area contributed by atoms with Crippen LogP contribution >= 0.6 is 0 Å². The molecular weight excluding hydrogens is 400 g/mol. The summed E-state index contributed by atoms with van der Waals surface area (Å²) < 4.78 is 1.85. The summed E-state index contributed by atoms with van der Waals surface area (Å²) in [5.41, 5.74) is 12.0. The van der Waals surface area contributed by atoms with Gasteiger partial charge in [-0.1, -0.05) is 18.2 Å². The molecule has 3 aromatic rings. The molecule has 32 heavy (non-hydrogen) atoms. The summed E-state index contributed by atoms with van der Waals surface area (Å²) in [7, 11) is 0. The van der Waals surface area contributed by atoms with Gasteiger partial charge in [-0.25, -0.2) is 4.52 Å². The lowest BCUT2D eigenvalue weighted by molar-refractivity contribution is -0.129. The fourth-order valence-corrected chi connectivity index (χ4v) is 7.19. The van der Waals surface area contributed by atoms with Crippen LogP contribution in [-0.4, -0.2) is 32.3 Å². The number of nitrogens with zero attached hydrogens (tertiary/aromatic N) is 2. The van der Waals surface area contributed by atoms with E-state index in [0.717, 1.165) is 48.9 Å². The zero-order valence-electron chi connectivity index (χ0n) is 18.6. The molecule has 0 saturated heterocycles. The lowest BCUT2D eigenvalue weighted by atomic mass is 9.52. The molecule has 4 bridgehead atoms. The number of anilines is 1. The van der Waals surface area contributed by atoms with Gasteiger partial charge in [0, 0.05) is 17.8 Å². The van der Waals surface area contributed by atoms with Gasteiger partial charge in [0.15, 0.2) is 0 Å². The number of nitrogens with two attached hydrogens (primary N) is 1. The smallest absolute Gasteiger partial charge is 0.252 e. The van der Waals surface area contributed by atoms with Crippen molar-refractivity contribution in [2.45, 2.75) is 57.6 Å². The second-order valence-electron chi connectivity index (χ2n) is 10.5. The number of benzene rings is 1. The maximum Gasteiger partial charge on any atom is 0.252 e. The Balaban J connectivity index is 1.45. The third-order valence-electron chi connectivity index (χ3n) is 8.22. The maximum atomic E-state index is 12.3. The van der Waals surface area contributed by atoms with Crippen molar-refractivity contribution in [1.29, 1.82) is 0 Å². The summed E-state index contributed by atoms with van der Waals surface area (Å²) in [4.78, 5) is 12.3. The summed E-state index contributed by atoms with van der Waals surface area (Å²) in [6.07, 6.45) is 8.56. The van der Waals surface area contributed by atoms with Gasteiger partial charge in [0.05, 0.1) is 28.6 Å². The molecule has 6 nitrogen and oxygen atoms in total. The van der Waals surface area contributed by atoms with Crippen molar-refractivity contribution in [1.82, 2.24) is 9.61 Å². The van der Waals surface area contributed by atoms with E-state index in [9.17, 15) is 9.90 Å². The Morgan fingerprint density at radius 1 is 1.19 bits per heavy atom. The van der Waals surface area contributed by atoms with E-state index in [1.165, 1.54) is 16.7 Å². The molecule has 1 aromatic carbocycles. The molecule has 2 aromatic heterocycles. The topological polar surface area (TPSA) is 92.6 Å². The lowest BCUT2D eigenvalue weighted by Gasteiger charge is -2.58. The Morgan fingerprint density at radius 3 is 2.50 bits per heavy atom. The van der Waals surface area contributed by atoms with Crippen LogP contribution in [0.3, 0.4) is 0 Å². The molecule has 2 unspecified atom stereocenters. The lowest BCUT2D eigenvalue weighted by Crippen LogP contribution is -2.59. The first-order chi connectivity index (χ1) is 15.3. The summed E-state index contributed by atoms with van der Waals surface area (Å²) in [5.74, 6) is 1.01. The predicted molar refractivity (Wildman–Crippen MR) is 125 cm³/mol. The molecule has 0 radical (unpaired) electrons. The van der Waals surface area contributed by atoms with E-state index in [-0.39, 0.29) is 6.04 Å². The van der Waals surface area contributed by atoms with Crippen molar-refractivity contribution in [3.8, 4) is 11.1 Å². The van der Waals surface area contributed by atoms with Gasteiger partial charge in [0.1, 0.15) is 0 Å². The summed E-state index contributed by atoms with van der Waals surface area (Å²) in [6, 6.07) is 8.66. The first-order valence-electron chi connectivity index (χ1n) is 11.7. The summed E-state index contributed by atoms with van der Waals surface area (Å²) in [6.45, 7) is 4.23. The number of carbonyl (C=O) groups is 1. The molecule has 0 spiro atoms. The van der Waals surface area contributed by atoms with Crippen LogP contribution in [0.2, 0.25) is 0 Å². The van der Waals surface area contributed by atoms with Crippen molar-refractivity contribution in [2.75, 3.05) is 5.32 Å². The first kappa shape index (κ1) is 19.8. The van der Waals surface area contributed by atoms with E-state index in [4.69, 9.17) is 5.73 Å². The number of rotatable bonds is 4. The van der Waals surface area contributed by atoms with Crippen LogP contribution in [0.4, 0.5) is 5.69 Å². The maximum absolute atomic E-state index is 12.3. The van der Waals surface area contributed by atoms with Gasteiger partial charge in [-0.15, -0.1) is 0 Å². The van der Waals surface area contributed by atoms with Gasteiger partial charge >= 0.3 is 0 Å². The third kappa shape index (κ3) is 2.96. The number of carbonyl (C=O) groups excluding carboxylic acids is 1. The minimum atomic E-state index is -0.487. The molecule has 1 amide bonds. The number of nitrogens with one attached hydrogen (secondary N) is 1. The Hall–Kier alpha value is -2.86. The predicted octanol–water partition coefficient (Wildman–Crippen LogP) is 4.07. The molecule has 4 aliphatic carbocycles. The number of primary amides is 1. The van der Waals surface area contributed by atoms with E-state index in [1.54, 1.807) is 6.20 Å². The second-order valence-corrected chi connectivity index (χ2v) is 10.5. The Morgan fingerprint density at radius 2 is 1.88 bits per heavy atom. The number of fused-ring (bicyclic) bond motifs is 1. The normalized spacial score (nSPS) is 30.7. The SMILES string of the molecule is Cc1cccc(C)c1-c1cc2c(NC3C4CC5CC3CC(O)(C5)C4)c(C(N)=O)cnn2c1. The average Bonchev–Trinajstić information content (AvgIpc) is 3.13. The highest BCUT2D eigenvalue weighted by molar-refractivity contribution is 6.02. The molecule has 2 atom stereocenters. The first-order valence-corrected chi connectivity index (χ1v) is 11.7. The quantitative estimate of drug-likeness (QED) is 0.582. The molecular formula is C26H30N4O2. The highest BCUT2D eigenvalue weighted by atomic mass is 16.3. The Kier molecular flexibility index (Phi) is 4.22. The number of aryl methyl sites for hydroxylation is 2. The van der Waals surface area contributed by atoms with Crippen molar-refractivity contribution in [3.63, 3.8) is 0 Å². The molecule has 6 heteroatoms. The van der Waals surface area contributed by atoms with Gasteiger partial charge in [0.2, 0.25) is 0 Å². The van der Waals surface area contributed by atoms with Crippen molar-refractivity contribution >= 4 is 17.1 Å². The fraction of sp³-hybridized carbons (Fsp3) is 0.462. The van der Waals surface area contributed by atoms with E-state index < -0.39 is 11.5 Å². The second kappa shape index (κ2) is 6.82. The van der Waals surface area contributed by atoms with Crippen molar-refractivity contribution in [2.24, 2.45) is 23.5 Å². The molecule has 4 aliphatic rings. The third-order valence-corrected chi connectivity index (χ3v) is 8.22. The number of aliphatic hydroxyl groups is 1. The standard InChI is InChI=1S/C26H30N4O2/c1-14-4-3-5-15(2)22(14)19-8-21-24(20(25(27)31)12-28-30(21)13-19)29-23-17-6-16-7-18(23)11-26(32,9-16)10-17/h3-5,8,12-13,16-18,23,29,32H,6-7,9-11H2,1-2H3,(H2,27,31). The van der Waals surface area contributed by atoms with Crippen molar-refractivity contribution in [3.05, 3.63) is 53.3 Å². The molecule has 0 aliphatic heterocycles. The minimum absolute atomic E-state index is 0.245. The molecule has 4 saturated carbocycles. The van der Waals surface area contributed by atoms with Crippen LogP contribution in [-0.2, 0) is 0 Å². The minimum Gasteiger partial charge on any atom is -0.390 e. The number of aromatic nitrogens is 2. The van der Waals surface area contributed by atoms with Gasteiger partial charge in [0.25, 0.3) is 5.91 Å². The number of hydrogen-bond donors (Lipinski definition) is 3. The van der Waals surface area contributed by atoms with Crippen molar-refractivity contribution < 1.29 is 9.90 Å². The van der Waals surface area contributed by atoms with E-state index >= 15 is 0 Å². The Labute approximate surface area is 187 Å². The largest absolute Gasteiger partial charge is 0.390 e. The molecule has 166 valence electrons. The van der Waals surface area contributed by atoms with E-state index in [2.05, 4.69) is 48.5 Å². The van der Waals surface area contributed by atoms with Crippen LogP contribution in [0.5, 0.6) is 0 Å². The number of amides is 1. The average molecular weight is 431 g/mol. The fourth-order valence-electron chi connectivity index (χ4n) is 7.19. The highest BCUT2D eigenvalue weighted by Crippen LogP contribution is 2.56. The van der Waals surface area contributed by atoms with Crippen LogP contribution < -0.4 is 11.1 Å². The molecule has 4 fully saturated rings. The van der Waals surface area contributed by atoms with Gasteiger partial charge in [-0.3, -0.25) is 4.79 Å². The zero-order valence-corrected chi connectivity index (χ0v) is 18.6. The monoisotopic (exact) mass is 430 g/mol. The van der Waals surface area contributed by atoms with Crippen LogP contribution in [0.15, 0.2) is 36.7 Å². The zero-order chi connectivity index (χ0) is 22.2. The van der Waals surface area contributed by atoms with E-state index in [0.29, 0.717) is 23.3 Å². The molecule has 7 rings (SSSR count). The van der Waals surface area contributed by atoms with Crippen LogP contribution in [0.1, 0.15) is 53.6 Å². The van der Waals surface area contributed by atoms with Gasteiger partial charge in [-0.05, 0) is 86.5 Å². The van der Waals surface area contributed by atoms with Crippen LogP contribution in [0.25, 0.3) is 16.6 Å². The Bertz CT molecular complexity index is 1210. The van der Waals surface area contributed by atoms with E-state index in [1.807, 2.05) is 10.7 Å². The molecule has 2 heterocycles. The van der Waals surface area contributed by atoms with Crippen LogP contribution in [0, 0.1) is 31.6 Å². The number of hydrogen-bond acceptors (Lipinski definition) is 4. The summed E-state index contributed by atoms with van der Waals surface area (Å²) >= 11 is 0. The summed E-state index contributed by atoms with van der Waals surface area (Å²) in [5, 5.41) is 19.2. The van der Waals surface area contributed by atoms with Gasteiger partial charge < -0.3 is 16.2 Å². The highest BCUT2D eigenvalue weighted by Gasteiger charge is 2.54. The molecule has 4 N–H and O–H groups in total.